The molecule has 1 N–H and O–H groups in total. The van der Waals surface area contributed by atoms with Gasteiger partial charge in [0.05, 0.1) is 9.77 Å². The Morgan fingerprint density at radius 1 is 1.07 bits per heavy atom. The second-order valence-electron chi connectivity index (χ2n) is 6.12. The Morgan fingerprint density at radius 3 is 2.44 bits per heavy atom. The summed E-state index contributed by atoms with van der Waals surface area (Å²) < 4.78 is 27.8. The summed E-state index contributed by atoms with van der Waals surface area (Å²) in [5.41, 5.74) is 1.39. The number of sulfonamides is 1. The third kappa shape index (κ3) is 3.76. The van der Waals surface area contributed by atoms with Crippen LogP contribution in [0.3, 0.4) is 0 Å². The Kier molecular flexibility index (Phi) is 5.64. The molecule has 0 spiro atoms. The molecule has 3 rings (SSSR count). The smallest absolute Gasteiger partial charge is 0.266 e. The molecule has 0 unspecified atom stereocenters. The van der Waals surface area contributed by atoms with E-state index in [-0.39, 0.29) is 10.8 Å². The first-order valence-corrected chi connectivity index (χ1v) is 11.0. The maximum Gasteiger partial charge on any atom is 0.266 e. The number of thiophene rings is 1. The monoisotopic (exact) mass is 402 g/mol. The molecule has 0 radical (unpaired) electrons. The average Bonchev–Trinajstić information content (AvgIpc) is 3.00. The Morgan fingerprint density at radius 2 is 1.78 bits per heavy atom. The average molecular weight is 403 g/mol. The molecular weight excluding hydrogens is 380 g/mol. The van der Waals surface area contributed by atoms with Crippen molar-refractivity contribution in [3.63, 3.8) is 0 Å². The van der Waals surface area contributed by atoms with Gasteiger partial charge in [-0.05, 0) is 42.1 Å². The number of carbonyl (C=O) groups excluding carboxylic acids is 1. The van der Waals surface area contributed by atoms with Gasteiger partial charge >= 0.3 is 0 Å². The number of aryl methyl sites for hydroxylation is 1. The lowest BCUT2D eigenvalue weighted by Gasteiger charge is -2.18. The number of rotatable bonds is 6. The van der Waals surface area contributed by atoms with Crippen molar-refractivity contribution in [1.82, 2.24) is 4.31 Å². The molecule has 0 aliphatic carbocycles. The fraction of sp³-hybridized carbons (Fsp3) is 0.250. The number of carbonyl (C=O) groups is 1. The molecule has 5 nitrogen and oxygen atoms in total. The number of nitrogens with zero attached hydrogens (tertiary/aromatic N) is 1. The highest BCUT2D eigenvalue weighted by Crippen LogP contribution is 2.31. The van der Waals surface area contributed by atoms with E-state index in [1.54, 1.807) is 32.0 Å². The van der Waals surface area contributed by atoms with Gasteiger partial charge in [0, 0.05) is 23.5 Å². The van der Waals surface area contributed by atoms with Gasteiger partial charge in [0.2, 0.25) is 10.0 Å². The van der Waals surface area contributed by atoms with E-state index >= 15 is 0 Å². The van der Waals surface area contributed by atoms with Crippen molar-refractivity contribution in [2.75, 3.05) is 18.4 Å². The second-order valence-corrected chi connectivity index (χ2v) is 9.11. The fourth-order valence-electron chi connectivity index (χ4n) is 3.03. The SMILES string of the molecule is CCN(CC)S(=O)(=O)c1cccc(NC(=O)c2sc3ccccc3c2C)c1. The predicted octanol–water partition coefficient (Wildman–Crippen LogP) is 4.49. The highest BCUT2D eigenvalue weighted by molar-refractivity contribution is 7.89. The Balaban J connectivity index is 1.90. The van der Waals surface area contributed by atoms with E-state index in [4.69, 9.17) is 0 Å². The van der Waals surface area contributed by atoms with Gasteiger partial charge in [-0.3, -0.25) is 4.79 Å². The summed E-state index contributed by atoms with van der Waals surface area (Å²) in [4.78, 5) is 13.6. The van der Waals surface area contributed by atoms with E-state index in [1.165, 1.54) is 21.7 Å². The van der Waals surface area contributed by atoms with E-state index < -0.39 is 10.0 Å². The topological polar surface area (TPSA) is 66.5 Å². The number of hydrogen-bond acceptors (Lipinski definition) is 4. The molecule has 3 aromatic rings. The van der Waals surface area contributed by atoms with Gasteiger partial charge in [0.1, 0.15) is 0 Å². The molecule has 27 heavy (non-hydrogen) atoms. The van der Waals surface area contributed by atoms with Crippen LogP contribution in [0.1, 0.15) is 29.1 Å². The molecular formula is C20H22N2O3S2. The molecule has 0 atom stereocenters. The van der Waals surface area contributed by atoms with E-state index in [0.29, 0.717) is 23.7 Å². The van der Waals surface area contributed by atoms with Crippen LogP contribution in [0.4, 0.5) is 5.69 Å². The molecule has 1 aromatic heterocycles. The van der Waals surface area contributed by atoms with Gasteiger partial charge in [-0.25, -0.2) is 8.42 Å². The first-order chi connectivity index (χ1) is 12.9. The van der Waals surface area contributed by atoms with Gasteiger partial charge in [-0.1, -0.05) is 38.1 Å². The molecule has 142 valence electrons. The summed E-state index contributed by atoms with van der Waals surface area (Å²) in [6.07, 6.45) is 0. The summed E-state index contributed by atoms with van der Waals surface area (Å²) in [7, 11) is -3.57. The molecule has 1 heterocycles. The van der Waals surface area contributed by atoms with Crippen LogP contribution in [0.2, 0.25) is 0 Å². The normalized spacial score (nSPS) is 11.9. The van der Waals surface area contributed by atoms with Crippen molar-refractivity contribution < 1.29 is 13.2 Å². The van der Waals surface area contributed by atoms with Crippen LogP contribution in [0, 0.1) is 6.92 Å². The van der Waals surface area contributed by atoms with E-state index in [9.17, 15) is 13.2 Å². The molecule has 0 aliphatic rings. The maximum atomic E-state index is 12.8. The van der Waals surface area contributed by atoms with Crippen molar-refractivity contribution in [1.29, 1.82) is 0 Å². The lowest BCUT2D eigenvalue weighted by Crippen LogP contribution is -2.30. The van der Waals surface area contributed by atoms with Gasteiger partial charge in [0.25, 0.3) is 5.91 Å². The van der Waals surface area contributed by atoms with Crippen molar-refractivity contribution in [3.8, 4) is 0 Å². The van der Waals surface area contributed by atoms with E-state index in [1.807, 2.05) is 31.2 Å². The van der Waals surface area contributed by atoms with E-state index in [0.717, 1.165) is 15.6 Å². The van der Waals surface area contributed by atoms with Crippen LogP contribution in [0.5, 0.6) is 0 Å². The highest BCUT2D eigenvalue weighted by Gasteiger charge is 2.22. The molecule has 0 saturated carbocycles. The predicted molar refractivity (Wildman–Crippen MR) is 111 cm³/mol. The summed E-state index contributed by atoms with van der Waals surface area (Å²) >= 11 is 1.43. The van der Waals surface area contributed by atoms with Crippen molar-refractivity contribution in [3.05, 3.63) is 59.0 Å². The van der Waals surface area contributed by atoms with Gasteiger partial charge < -0.3 is 5.32 Å². The molecule has 0 bridgehead atoms. The standard InChI is InChI=1S/C20H22N2O3S2/c1-4-22(5-2)27(24,25)16-10-8-9-15(13-16)21-20(23)19-14(3)17-11-6-7-12-18(17)26-19/h6-13H,4-5H2,1-3H3,(H,21,23). The number of nitrogens with one attached hydrogen (secondary N) is 1. The Bertz CT molecular complexity index is 1080. The lowest BCUT2D eigenvalue weighted by molar-refractivity contribution is 0.103. The van der Waals surface area contributed by atoms with Gasteiger partial charge in [-0.15, -0.1) is 11.3 Å². The molecule has 1 amide bonds. The minimum Gasteiger partial charge on any atom is -0.321 e. The van der Waals surface area contributed by atoms with E-state index in [2.05, 4.69) is 5.32 Å². The van der Waals surface area contributed by atoms with Crippen LogP contribution in [-0.2, 0) is 10.0 Å². The summed E-state index contributed by atoms with van der Waals surface area (Å²) in [6, 6.07) is 14.3. The lowest BCUT2D eigenvalue weighted by atomic mass is 10.1. The number of fused-ring (bicyclic) bond motifs is 1. The zero-order chi connectivity index (χ0) is 19.6. The van der Waals surface area contributed by atoms with Crippen LogP contribution in [-0.4, -0.2) is 31.7 Å². The molecule has 0 aliphatic heterocycles. The quantitative estimate of drug-likeness (QED) is 0.660. The number of amides is 1. The molecule has 2 aromatic carbocycles. The largest absolute Gasteiger partial charge is 0.321 e. The second kappa shape index (κ2) is 7.80. The third-order valence-electron chi connectivity index (χ3n) is 4.49. The molecule has 7 heteroatoms. The molecule has 0 saturated heterocycles. The van der Waals surface area contributed by atoms with Gasteiger partial charge in [-0.2, -0.15) is 4.31 Å². The maximum absolute atomic E-state index is 12.8. The zero-order valence-electron chi connectivity index (χ0n) is 15.5. The number of anilines is 1. The van der Waals surface area contributed by atoms with Crippen molar-refractivity contribution in [2.24, 2.45) is 0 Å². The number of hydrogen-bond donors (Lipinski definition) is 1. The van der Waals surface area contributed by atoms with Crippen molar-refractivity contribution in [2.45, 2.75) is 25.7 Å². The van der Waals surface area contributed by atoms with Crippen LogP contribution < -0.4 is 5.32 Å². The van der Waals surface area contributed by atoms with Crippen LogP contribution in [0.15, 0.2) is 53.4 Å². The summed E-state index contributed by atoms with van der Waals surface area (Å²) in [6.45, 7) is 6.33. The summed E-state index contributed by atoms with van der Waals surface area (Å²) in [5, 5.41) is 3.90. The molecule has 0 fully saturated rings. The summed E-state index contributed by atoms with van der Waals surface area (Å²) in [5.74, 6) is -0.230. The zero-order valence-corrected chi connectivity index (χ0v) is 17.2. The fourth-order valence-corrected chi connectivity index (χ4v) is 5.63. The number of benzene rings is 2. The third-order valence-corrected chi connectivity index (χ3v) is 7.80. The van der Waals surface area contributed by atoms with Gasteiger partial charge in [0.15, 0.2) is 0 Å². The first-order valence-electron chi connectivity index (χ1n) is 8.78. The minimum atomic E-state index is -3.57. The van der Waals surface area contributed by atoms with Crippen molar-refractivity contribution >= 4 is 43.0 Å². The first kappa shape index (κ1) is 19.5. The van der Waals surface area contributed by atoms with Crippen LogP contribution in [0.25, 0.3) is 10.1 Å². The Labute approximate surface area is 163 Å². The van der Waals surface area contributed by atoms with Crippen LogP contribution >= 0.6 is 11.3 Å². The highest BCUT2D eigenvalue weighted by atomic mass is 32.2. The minimum absolute atomic E-state index is 0.178. The Hall–Kier alpha value is -2.22.